The van der Waals surface area contributed by atoms with Gasteiger partial charge >= 0.3 is 0 Å². The van der Waals surface area contributed by atoms with Crippen LogP contribution in [0.4, 0.5) is 4.39 Å². The summed E-state index contributed by atoms with van der Waals surface area (Å²) in [5.41, 5.74) is 12.2. The van der Waals surface area contributed by atoms with E-state index < -0.39 is 5.95 Å². The van der Waals surface area contributed by atoms with E-state index in [1.165, 1.54) is 6.20 Å². The van der Waals surface area contributed by atoms with E-state index >= 15 is 0 Å². The van der Waals surface area contributed by atoms with Gasteiger partial charge in [0, 0.05) is 24.3 Å². The third-order valence-corrected chi connectivity index (χ3v) is 1.72. The van der Waals surface area contributed by atoms with Crippen LogP contribution in [0.2, 0.25) is 0 Å². The molecule has 4 heteroatoms. The van der Waals surface area contributed by atoms with Crippen LogP contribution in [0.5, 0.6) is 0 Å². The molecule has 0 bridgehead atoms. The summed E-state index contributed by atoms with van der Waals surface area (Å²) in [4.78, 5) is 3.55. The van der Waals surface area contributed by atoms with Crippen LogP contribution in [0.25, 0.3) is 0 Å². The van der Waals surface area contributed by atoms with Gasteiger partial charge in [-0.25, -0.2) is 4.98 Å². The first-order valence-electron chi connectivity index (χ1n) is 3.73. The number of aryl methyl sites for hydroxylation is 1. The summed E-state index contributed by atoms with van der Waals surface area (Å²) >= 11 is 0. The quantitative estimate of drug-likeness (QED) is 0.633. The minimum atomic E-state index is -0.456. The fraction of sp³-hybridized carbons (Fsp3) is 0.375. The van der Waals surface area contributed by atoms with Crippen molar-refractivity contribution in [3.8, 4) is 0 Å². The molecular weight excluding hydrogens is 157 g/mol. The lowest BCUT2D eigenvalue weighted by molar-refractivity contribution is 0.570. The number of pyridine rings is 1. The summed E-state index contributed by atoms with van der Waals surface area (Å²) in [7, 11) is 0. The molecule has 1 aromatic rings. The zero-order valence-corrected chi connectivity index (χ0v) is 6.92. The zero-order valence-electron chi connectivity index (χ0n) is 6.92. The lowest BCUT2D eigenvalue weighted by Crippen LogP contribution is -2.21. The Hall–Kier alpha value is -1.00. The molecule has 1 aromatic heterocycles. The van der Waals surface area contributed by atoms with Gasteiger partial charge in [-0.3, -0.25) is 0 Å². The molecule has 4 N–H and O–H groups in total. The van der Waals surface area contributed by atoms with E-state index in [0.717, 1.165) is 5.56 Å². The van der Waals surface area contributed by atoms with Gasteiger partial charge in [0.1, 0.15) is 0 Å². The second-order valence-corrected chi connectivity index (χ2v) is 2.72. The van der Waals surface area contributed by atoms with Crippen LogP contribution in [0.1, 0.15) is 17.2 Å². The van der Waals surface area contributed by atoms with Gasteiger partial charge in [-0.1, -0.05) is 0 Å². The van der Waals surface area contributed by atoms with Gasteiger partial charge in [0.2, 0.25) is 5.95 Å². The Labute approximate surface area is 70.6 Å². The predicted molar refractivity (Wildman–Crippen MR) is 44.9 cm³/mol. The minimum Gasteiger partial charge on any atom is -0.329 e. The molecule has 1 rings (SSSR count). The van der Waals surface area contributed by atoms with E-state index in [0.29, 0.717) is 12.1 Å². The zero-order chi connectivity index (χ0) is 9.14. The minimum absolute atomic E-state index is 0.253. The monoisotopic (exact) mass is 169 g/mol. The van der Waals surface area contributed by atoms with Crippen molar-refractivity contribution in [1.29, 1.82) is 0 Å². The van der Waals surface area contributed by atoms with E-state index in [4.69, 9.17) is 11.5 Å². The Morgan fingerprint density at radius 2 is 2.33 bits per heavy atom. The largest absolute Gasteiger partial charge is 0.329 e. The highest BCUT2D eigenvalue weighted by Crippen LogP contribution is 2.11. The maximum atomic E-state index is 12.7. The van der Waals surface area contributed by atoms with Crippen LogP contribution in [0.15, 0.2) is 12.3 Å². The average Bonchev–Trinajstić information content (AvgIpc) is 2.08. The molecule has 0 saturated heterocycles. The average molecular weight is 169 g/mol. The van der Waals surface area contributed by atoms with Crippen LogP contribution in [-0.4, -0.2) is 11.5 Å². The second-order valence-electron chi connectivity index (χ2n) is 2.72. The van der Waals surface area contributed by atoms with Gasteiger partial charge in [-0.15, -0.1) is 0 Å². The molecule has 1 atom stereocenters. The van der Waals surface area contributed by atoms with E-state index in [2.05, 4.69) is 4.98 Å². The highest BCUT2D eigenvalue weighted by molar-refractivity contribution is 5.20. The number of hydrogen-bond donors (Lipinski definition) is 2. The first-order valence-corrected chi connectivity index (χ1v) is 3.73. The molecule has 1 unspecified atom stereocenters. The van der Waals surface area contributed by atoms with Gasteiger partial charge in [-0.05, 0) is 18.6 Å². The molecule has 12 heavy (non-hydrogen) atoms. The molecule has 0 aliphatic rings. The summed E-state index contributed by atoms with van der Waals surface area (Å²) in [6.45, 7) is 1.99. The molecular formula is C8H12FN3. The Balaban J connectivity index is 2.96. The van der Waals surface area contributed by atoms with Crippen LogP contribution >= 0.6 is 0 Å². The molecule has 0 amide bonds. The maximum absolute atomic E-state index is 12.7. The molecule has 0 aromatic carbocycles. The smallest absolute Gasteiger partial charge is 0.215 e. The summed E-state index contributed by atoms with van der Waals surface area (Å²) in [6.07, 6.45) is 1.42. The second kappa shape index (κ2) is 3.60. The van der Waals surface area contributed by atoms with E-state index in [1.807, 2.05) is 0 Å². The summed E-state index contributed by atoms with van der Waals surface area (Å²) in [5, 5.41) is 0. The molecule has 3 nitrogen and oxygen atoms in total. The van der Waals surface area contributed by atoms with Crippen molar-refractivity contribution in [1.82, 2.24) is 4.98 Å². The number of rotatable bonds is 2. The van der Waals surface area contributed by atoms with Crippen molar-refractivity contribution in [2.75, 3.05) is 6.54 Å². The molecule has 0 saturated carbocycles. The topological polar surface area (TPSA) is 64.9 Å². The van der Waals surface area contributed by atoms with Crippen LogP contribution < -0.4 is 11.5 Å². The van der Waals surface area contributed by atoms with Crippen LogP contribution in [-0.2, 0) is 0 Å². The van der Waals surface area contributed by atoms with Gasteiger partial charge in [-0.2, -0.15) is 4.39 Å². The number of nitrogens with two attached hydrogens (primary N) is 2. The normalized spacial score (nSPS) is 13.0. The predicted octanol–water partition coefficient (Wildman–Crippen LogP) is 0.488. The number of nitrogens with zero attached hydrogens (tertiary/aromatic N) is 1. The summed E-state index contributed by atoms with van der Waals surface area (Å²) in [6, 6.07) is 1.41. The summed E-state index contributed by atoms with van der Waals surface area (Å²) in [5.74, 6) is -0.456. The Morgan fingerprint density at radius 1 is 1.67 bits per heavy atom. The lowest BCUT2D eigenvalue weighted by Gasteiger charge is -2.08. The Kier molecular flexibility index (Phi) is 2.73. The fourth-order valence-electron chi connectivity index (χ4n) is 0.919. The molecule has 0 fully saturated rings. The first kappa shape index (κ1) is 9.09. The standard InChI is InChI=1S/C8H12FN3/c1-5-2-6(7(11)3-10)4-12-8(5)9/h2,4,7H,3,10-11H2,1H3. The highest BCUT2D eigenvalue weighted by atomic mass is 19.1. The number of aromatic nitrogens is 1. The molecule has 0 aliphatic carbocycles. The van der Waals surface area contributed by atoms with E-state index in [9.17, 15) is 4.39 Å². The Bertz CT molecular complexity index is 275. The first-order chi connectivity index (χ1) is 5.65. The SMILES string of the molecule is Cc1cc(C(N)CN)cnc1F. The lowest BCUT2D eigenvalue weighted by atomic mass is 10.1. The third kappa shape index (κ3) is 1.78. The van der Waals surface area contributed by atoms with Crippen molar-refractivity contribution in [2.24, 2.45) is 11.5 Å². The van der Waals surface area contributed by atoms with Crippen molar-refractivity contribution in [3.63, 3.8) is 0 Å². The van der Waals surface area contributed by atoms with Gasteiger partial charge < -0.3 is 11.5 Å². The molecule has 0 radical (unpaired) electrons. The molecule has 0 aliphatic heterocycles. The molecule has 66 valence electrons. The Morgan fingerprint density at radius 3 is 2.83 bits per heavy atom. The van der Waals surface area contributed by atoms with E-state index in [1.54, 1.807) is 13.0 Å². The number of hydrogen-bond acceptors (Lipinski definition) is 3. The van der Waals surface area contributed by atoms with Gasteiger partial charge in [0.25, 0.3) is 0 Å². The van der Waals surface area contributed by atoms with Crippen molar-refractivity contribution >= 4 is 0 Å². The van der Waals surface area contributed by atoms with Crippen LogP contribution in [0, 0.1) is 12.9 Å². The fourth-order valence-corrected chi connectivity index (χ4v) is 0.919. The maximum Gasteiger partial charge on any atom is 0.215 e. The highest BCUT2D eigenvalue weighted by Gasteiger charge is 2.06. The number of halogens is 1. The summed E-state index contributed by atoms with van der Waals surface area (Å²) < 4.78 is 12.7. The molecule has 0 spiro atoms. The van der Waals surface area contributed by atoms with Crippen molar-refractivity contribution in [2.45, 2.75) is 13.0 Å². The van der Waals surface area contributed by atoms with Crippen LogP contribution in [0.3, 0.4) is 0 Å². The van der Waals surface area contributed by atoms with Gasteiger partial charge in [0.05, 0.1) is 0 Å². The van der Waals surface area contributed by atoms with Crippen molar-refractivity contribution in [3.05, 3.63) is 29.3 Å². The molecule has 1 heterocycles. The van der Waals surface area contributed by atoms with E-state index in [-0.39, 0.29) is 6.04 Å². The third-order valence-electron chi connectivity index (χ3n) is 1.72. The van der Waals surface area contributed by atoms with Gasteiger partial charge in [0.15, 0.2) is 0 Å². The van der Waals surface area contributed by atoms with Crippen molar-refractivity contribution < 1.29 is 4.39 Å².